The molecule has 0 aliphatic heterocycles. The number of rotatable bonds is 7. The van der Waals surface area contributed by atoms with Gasteiger partial charge in [0, 0.05) is 0 Å². The molecular formula is C18H19AsBr2. The van der Waals surface area contributed by atoms with E-state index in [2.05, 4.69) is 97.2 Å². The van der Waals surface area contributed by atoms with Crippen LogP contribution in [0.3, 0.4) is 0 Å². The van der Waals surface area contributed by atoms with Gasteiger partial charge in [0.05, 0.1) is 0 Å². The van der Waals surface area contributed by atoms with Gasteiger partial charge in [0.2, 0.25) is 0 Å². The summed E-state index contributed by atoms with van der Waals surface area (Å²) in [7, 11) is 0. The van der Waals surface area contributed by atoms with Crippen molar-refractivity contribution < 1.29 is 0 Å². The molecule has 0 bridgehead atoms. The first kappa shape index (κ1) is 17.3. The molecule has 0 nitrogen and oxygen atoms in total. The van der Waals surface area contributed by atoms with Gasteiger partial charge in [0.1, 0.15) is 0 Å². The minimum absolute atomic E-state index is 0.498. The molecule has 0 saturated heterocycles. The van der Waals surface area contributed by atoms with Crippen LogP contribution >= 0.6 is 31.9 Å². The molecule has 21 heavy (non-hydrogen) atoms. The molecule has 0 heterocycles. The van der Waals surface area contributed by atoms with Crippen LogP contribution in [0.1, 0.15) is 42.7 Å². The monoisotopic (exact) mass is 468 g/mol. The molecule has 110 valence electrons. The van der Waals surface area contributed by atoms with E-state index in [4.69, 9.17) is 0 Å². The molecule has 0 amide bonds. The quantitative estimate of drug-likeness (QED) is 0.321. The first-order valence-electron chi connectivity index (χ1n) is 7.32. The van der Waals surface area contributed by atoms with Crippen LogP contribution in [0.5, 0.6) is 0 Å². The van der Waals surface area contributed by atoms with Gasteiger partial charge < -0.3 is 0 Å². The van der Waals surface area contributed by atoms with E-state index in [-0.39, 0.29) is 0 Å². The minimum atomic E-state index is 0.498. The van der Waals surface area contributed by atoms with Crippen molar-refractivity contribution in [2.75, 3.05) is 0 Å². The Kier molecular flexibility index (Phi) is 7.57. The van der Waals surface area contributed by atoms with Crippen molar-refractivity contribution in [3.8, 4) is 0 Å². The van der Waals surface area contributed by atoms with Gasteiger partial charge in [-0.3, -0.25) is 0 Å². The van der Waals surface area contributed by atoms with Gasteiger partial charge in [-0.15, -0.1) is 0 Å². The molecule has 2 radical (unpaired) electrons. The van der Waals surface area contributed by atoms with Crippen LogP contribution < -0.4 is 0 Å². The summed E-state index contributed by atoms with van der Waals surface area (Å²) in [5.41, 5.74) is 2.82. The fraction of sp³-hybridized carbons (Fsp3) is 0.333. The van der Waals surface area contributed by atoms with Gasteiger partial charge in [-0.25, -0.2) is 0 Å². The van der Waals surface area contributed by atoms with Crippen molar-refractivity contribution >= 4 is 48.7 Å². The van der Waals surface area contributed by atoms with Crippen LogP contribution in [0.2, 0.25) is 5.21 Å². The third kappa shape index (κ3) is 5.58. The van der Waals surface area contributed by atoms with Crippen molar-refractivity contribution in [1.29, 1.82) is 0 Å². The van der Waals surface area contributed by atoms with E-state index < -0.39 is 0 Å². The zero-order valence-electron chi connectivity index (χ0n) is 11.9. The number of unbranched alkanes of at least 4 members (excludes halogenated alkanes) is 2. The molecule has 0 aliphatic rings. The molecule has 0 unspecified atom stereocenters. The Morgan fingerprint density at radius 3 is 1.62 bits per heavy atom. The van der Waals surface area contributed by atoms with Crippen LogP contribution in [-0.4, -0.2) is 16.9 Å². The summed E-state index contributed by atoms with van der Waals surface area (Å²) in [5, 5.41) is 1.23. The SMILES string of the molecule is [As]CCCCCC(c1ccc(Br)cc1)c1ccc(Br)cc1. The zero-order valence-corrected chi connectivity index (χ0v) is 17.0. The molecule has 2 rings (SSSR count). The molecule has 0 fully saturated rings. The third-order valence-electron chi connectivity index (χ3n) is 3.70. The van der Waals surface area contributed by atoms with Crippen LogP contribution in [0.25, 0.3) is 0 Å². The van der Waals surface area contributed by atoms with E-state index >= 15 is 0 Å². The third-order valence-corrected chi connectivity index (χ3v) is 5.42. The molecule has 0 aromatic heterocycles. The van der Waals surface area contributed by atoms with Crippen molar-refractivity contribution in [1.82, 2.24) is 0 Å². The Morgan fingerprint density at radius 1 is 0.714 bits per heavy atom. The predicted octanol–water partition coefficient (Wildman–Crippen LogP) is 6.49. The molecule has 0 N–H and O–H groups in total. The summed E-state index contributed by atoms with van der Waals surface area (Å²) in [4.78, 5) is 0. The number of hydrogen-bond acceptors (Lipinski definition) is 0. The maximum absolute atomic E-state index is 3.53. The van der Waals surface area contributed by atoms with E-state index in [9.17, 15) is 0 Å². The standard InChI is InChI=1S/C18H19AsBr2/c19-13-3-1-2-4-18(14-5-9-16(20)10-6-14)15-7-11-17(21)12-8-15/h5-12,18H,1-4,13H2. The molecule has 0 saturated carbocycles. The van der Waals surface area contributed by atoms with E-state index in [0.29, 0.717) is 5.92 Å². The van der Waals surface area contributed by atoms with Crippen molar-refractivity contribution in [2.24, 2.45) is 0 Å². The topological polar surface area (TPSA) is 0 Å². The molecular weight excluding hydrogens is 451 g/mol. The van der Waals surface area contributed by atoms with Crippen molar-refractivity contribution in [3.05, 3.63) is 68.6 Å². The van der Waals surface area contributed by atoms with Gasteiger partial charge in [0.15, 0.2) is 0 Å². The van der Waals surface area contributed by atoms with E-state index in [1.54, 1.807) is 0 Å². The van der Waals surface area contributed by atoms with Crippen LogP contribution in [0, 0.1) is 0 Å². The van der Waals surface area contributed by atoms with Gasteiger partial charge in [0.25, 0.3) is 0 Å². The van der Waals surface area contributed by atoms with Gasteiger partial charge in [-0.05, 0) is 0 Å². The summed E-state index contributed by atoms with van der Waals surface area (Å²) >= 11 is 9.73. The maximum atomic E-state index is 3.53. The van der Waals surface area contributed by atoms with Crippen LogP contribution in [0.4, 0.5) is 0 Å². The molecule has 0 spiro atoms. The van der Waals surface area contributed by atoms with Crippen LogP contribution in [-0.2, 0) is 0 Å². The van der Waals surface area contributed by atoms with Gasteiger partial charge in [-0.1, -0.05) is 0 Å². The fourth-order valence-corrected chi connectivity index (χ4v) is 3.55. The zero-order chi connectivity index (χ0) is 15.1. The number of halogens is 2. The molecule has 3 heteroatoms. The average molecular weight is 470 g/mol. The Labute approximate surface area is 153 Å². The second-order valence-corrected chi connectivity index (χ2v) is 8.00. The molecule has 0 atom stereocenters. The second kappa shape index (κ2) is 9.18. The molecule has 0 aliphatic carbocycles. The second-order valence-electron chi connectivity index (χ2n) is 5.23. The van der Waals surface area contributed by atoms with Gasteiger partial charge in [-0.2, -0.15) is 0 Å². The Bertz CT molecular complexity index is 489. The predicted molar refractivity (Wildman–Crippen MR) is 99.2 cm³/mol. The normalized spacial score (nSPS) is 11.0. The summed E-state index contributed by atoms with van der Waals surface area (Å²) < 4.78 is 2.29. The molecule has 2 aromatic rings. The van der Waals surface area contributed by atoms with Gasteiger partial charge >= 0.3 is 154 Å². The Morgan fingerprint density at radius 2 is 1.19 bits per heavy atom. The first-order valence-corrected chi connectivity index (χ1v) is 10.2. The van der Waals surface area contributed by atoms with E-state index in [1.165, 1.54) is 42.0 Å². The van der Waals surface area contributed by atoms with E-state index in [1.807, 2.05) is 0 Å². The van der Waals surface area contributed by atoms with Crippen LogP contribution in [0.15, 0.2) is 57.5 Å². The average Bonchev–Trinajstić information content (AvgIpc) is 2.50. The fourth-order valence-electron chi connectivity index (χ4n) is 2.55. The summed E-state index contributed by atoms with van der Waals surface area (Å²) in [5.74, 6) is 0.498. The summed E-state index contributed by atoms with van der Waals surface area (Å²) in [6.45, 7) is 0. The molecule has 2 aromatic carbocycles. The van der Waals surface area contributed by atoms with Crippen molar-refractivity contribution in [3.63, 3.8) is 0 Å². The van der Waals surface area contributed by atoms with E-state index in [0.717, 1.165) is 8.95 Å². The number of hydrogen-bond donors (Lipinski definition) is 0. The Hall–Kier alpha value is -0.0416. The number of benzene rings is 2. The van der Waals surface area contributed by atoms with Crippen molar-refractivity contribution in [2.45, 2.75) is 36.8 Å². The Balaban J connectivity index is 2.17. The summed E-state index contributed by atoms with van der Waals surface area (Å²) in [6.07, 6.45) is 5.14. The summed E-state index contributed by atoms with van der Waals surface area (Å²) in [6, 6.07) is 17.5. The first-order chi connectivity index (χ1) is 10.2.